The Morgan fingerprint density at radius 1 is 0.457 bits per heavy atom. The number of nitrogens with two attached hydrogens (primary N) is 2. The molecular formula is C86H100N18O12. The Labute approximate surface area is 669 Å². The van der Waals surface area contributed by atoms with Gasteiger partial charge in [0.25, 0.3) is 16.7 Å². The van der Waals surface area contributed by atoms with Crippen LogP contribution in [-0.2, 0) is 58.0 Å². The maximum Gasteiger partial charge on any atom is 0.407 e. The summed E-state index contributed by atoms with van der Waals surface area (Å²) in [6, 6.07) is 57.6. The van der Waals surface area contributed by atoms with E-state index in [4.69, 9.17) is 16.2 Å². The van der Waals surface area contributed by atoms with E-state index in [2.05, 4.69) is 40.9 Å². The Hall–Kier alpha value is -12.2. The number of carboxylic acids is 1. The molecule has 3 aliphatic rings. The SMILES string of the molecule is CC(C)(C)OC(=O)NC[C@H](Cc1ccccc1)C(=O)O.NC[C@H](Cc1ccccc1)C(=O)N1CCC(O)(Cn2cnc3c(cnn3-c3ccccc3)c2=O)CC1.NC[C@H](Cc1ccccc1)C(=O)N1CCC(O)(Cn2cnc3c(cnn3-c3ccccc3)c2=O)CC1.O=c1c2cnn(-c3ccccc3)c2ncn1CC1(O)CCNCC1. The van der Waals surface area contributed by atoms with E-state index in [0.29, 0.717) is 117 Å². The van der Waals surface area contributed by atoms with Gasteiger partial charge in [-0.2, -0.15) is 15.3 Å². The fourth-order valence-electron chi connectivity index (χ4n) is 14.6. The molecule has 3 atom stereocenters. The Morgan fingerprint density at radius 2 is 0.750 bits per heavy atom. The number of nitrogens with one attached hydrogen (secondary N) is 2. The number of fused-ring (bicyclic) bond motifs is 3. The Kier molecular flexibility index (Phi) is 27.2. The molecule has 6 aromatic heterocycles. The minimum absolute atomic E-state index is 0.0111. The first kappa shape index (κ1) is 83.2. The van der Waals surface area contributed by atoms with Crippen LogP contribution in [0.5, 0.6) is 0 Å². The van der Waals surface area contributed by atoms with Gasteiger partial charge in [-0.1, -0.05) is 146 Å². The maximum atomic E-state index is 13.1. The number of hydrogen-bond acceptors (Lipinski definition) is 20. The molecule has 0 unspecified atom stereocenters. The van der Waals surface area contributed by atoms with Crippen molar-refractivity contribution in [1.82, 2.24) is 78.4 Å². The number of hydrogen-bond donors (Lipinski definition) is 8. The lowest BCUT2D eigenvalue weighted by atomic mass is 9.89. The van der Waals surface area contributed by atoms with Crippen molar-refractivity contribution in [1.29, 1.82) is 0 Å². The zero-order chi connectivity index (χ0) is 82.0. The van der Waals surface area contributed by atoms with E-state index < -0.39 is 40.4 Å². The third-order valence-corrected chi connectivity index (χ3v) is 21.1. The lowest BCUT2D eigenvalue weighted by Crippen LogP contribution is -2.51. The summed E-state index contributed by atoms with van der Waals surface area (Å²) in [7, 11) is 0. The van der Waals surface area contributed by atoms with Crippen molar-refractivity contribution in [3.8, 4) is 17.1 Å². The van der Waals surface area contributed by atoms with Crippen molar-refractivity contribution in [2.75, 3.05) is 58.9 Å². The summed E-state index contributed by atoms with van der Waals surface area (Å²) in [6.07, 6.45) is 12.7. The second-order valence-corrected chi connectivity index (χ2v) is 30.8. The van der Waals surface area contributed by atoms with Crippen LogP contribution < -0.4 is 38.8 Å². The lowest BCUT2D eigenvalue weighted by molar-refractivity contribution is -0.142. The first-order chi connectivity index (χ1) is 55.9. The molecule has 3 fully saturated rings. The molecule has 0 aliphatic carbocycles. The zero-order valence-corrected chi connectivity index (χ0v) is 65.3. The van der Waals surface area contributed by atoms with Crippen LogP contribution in [0.25, 0.3) is 50.2 Å². The normalized spacial score (nSPS) is 15.8. The molecular weight excluding hydrogens is 1480 g/mol. The first-order valence-electron chi connectivity index (χ1n) is 39.0. The number of benzene rings is 6. The molecule has 0 radical (unpaired) electrons. The van der Waals surface area contributed by atoms with Crippen molar-refractivity contribution in [2.45, 2.75) is 121 Å². The number of carboxylic acid groups (broad SMARTS) is 1. The molecule has 0 spiro atoms. The maximum absolute atomic E-state index is 13.1. The average molecular weight is 1580 g/mol. The van der Waals surface area contributed by atoms with Gasteiger partial charge in [-0.25, -0.2) is 33.8 Å². The molecule has 6 aromatic carbocycles. The number of alkyl carbamates (subject to hydrolysis) is 1. The van der Waals surface area contributed by atoms with Gasteiger partial charge < -0.3 is 57.1 Å². The second-order valence-electron chi connectivity index (χ2n) is 30.8. The van der Waals surface area contributed by atoms with Gasteiger partial charge in [0, 0.05) is 45.8 Å². The van der Waals surface area contributed by atoms with Crippen LogP contribution >= 0.6 is 0 Å². The van der Waals surface area contributed by atoms with Gasteiger partial charge in [-0.15, -0.1) is 0 Å². The van der Waals surface area contributed by atoms with Crippen molar-refractivity contribution in [3.63, 3.8) is 0 Å². The van der Waals surface area contributed by atoms with Crippen LogP contribution in [0.3, 0.4) is 0 Å². The molecule has 12 aromatic rings. The van der Waals surface area contributed by atoms with E-state index in [-0.39, 0.29) is 79.6 Å². The van der Waals surface area contributed by atoms with E-state index in [9.17, 15) is 54.0 Å². The highest BCUT2D eigenvalue weighted by atomic mass is 16.6. The third-order valence-electron chi connectivity index (χ3n) is 21.1. The van der Waals surface area contributed by atoms with E-state index in [1.807, 2.05) is 182 Å². The molecule has 30 heteroatoms. The van der Waals surface area contributed by atoms with Crippen LogP contribution in [0.4, 0.5) is 4.79 Å². The van der Waals surface area contributed by atoms with Crippen LogP contribution in [-0.4, -0.2) is 193 Å². The molecule has 3 amide bonds. The Morgan fingerprint density at radius 3 is 1.04 bits per heavy atom. The summed E-state index contributed by atoms with van der Waals surface area (Å²) >= 11 is 0. The molecule has 606 valence electrons. The van der Waals surface area contributed by atoms with Gasteiger partial charge in [0.1, 0.15) is 40.7 Å². The minimum Gasteiger partial charge on any atom is -0.481 e. The predicted octanol–water partition coefficient (Wildman–Crippen LogP) is 6.66. The lowest BCUT2D eigenvalue weighted by Gasteiger charge is -2.39. The summed E-state index contributed by atoms with van der Waals surface area (Å²) < 4.78 is 14.4. The van der Waals surface area contributed by atoms with Gasteiger partial charge in [0.2, 0.25) is 11.8 Å². The number of likely N-dealkylation sites (tertiary alicyclic amines) is 2. The summed E-state index contributed by atoms with van der Waals surface area (Å²) in [5, 5.41) is 62.3. The molecule has 9 heterocycles. The largest absolute Gasteiger partial charge is 0.481 e. The Bertz CT molecular complexity index is 5230. The molecule has 15 rings (SSSR count). The standard InChI is InChI=1S/2C27H30N6O3.C17H19N5O2.C15H21NO4/c2*28-16-21(15-20-7-3-1-4-8-20)25(34)31-13-11-27(36,12-14-31)18-32-19-29-24-23(26(32)35)17-30-33(24)22-9-5-2-6-10-22;23-16-14-10-20-22(13-4-2-1-3-5-13)15(14)19-12-21(16)11-17(24)6-8-18-9-7-17;1-15(2,3)20-14(19)16-10-12(13(17)18)9-11-7-5-4-6-8-11/h2*1-10,17,19,21,36H,11-16,18,28H2;1-5,10,12,18,24H,6-9,11H2;4-8,12H,9-10H2,1-3H3,(H,16,19)(H,17,18)/t2*21-;;12-/m00.0/s1. The second kappa shape index (κ2) is 37.8. The monoisotopic (exact) mass is 1580 g/mol. The summed E-state index contributed by atoms with van der Waals surface area (Å²) in [5.41, 5.74) is 14.6. The molecule has 0 saturated carbocycles. The summed E-state index contributed by atoms with van der Waals surface area (Å²) in [6.45, 7) is 9.49. The Balaban J connectivity index is 0.000000147. The van der Waals surface area contributed by atoms with Crippen LogP contribution in [0, 0.1) is 17.8 Å². The smallest absolute Gasteiger partial charge is 0.407 e. The topological polar surface area (TPSA) is 399 Å². The van der Waals surface area contributed by atoms with Gasteiger partial charge in [-0.3, -0.25) is 42.5 Å². The molecule has 10 N–H and O–H groups in total. The van der Waals surface area contributed by atoms with Gasteiger partial charge in [0.05, 0.1) is 89.8 Å². The highest BCUT2D eigenvalue weighted by Crippen LogP contribution is 2.29. The number of piperidine rings is 3. The highest BCUT2D eigenvalue weighted by molar-refractivity contribution is 5.81. The van der Waals surface area contributed by atoms with Gasteiger partial charge in [0.15, 0.2) is 16.9 Å². The zero-order valence-electron chi connectivity index (χ0n) is 65.3. The van der Waals surface area contributed by atoms with E-state index in [1.165, 1.54) is 45.1 Å². The van der Waals surface area contributed by atoms with Gasteiger partial charge >= 0.3 is 12.1 Å². The van der Waals surface area contributed by atoms with Crippen molar-refractivity contribution >= 4 is 57.0 Å². The van der Waals surface area contributed by atoms with E-state index >= 15 is 0 Å². The number of carbonyl (C=O) groups excluding carboxylic acids is 3. The highest BCUT2D eigenvalue weighted by Gasteiger charge is 2.39. The fraction of sp³-hybridized carbons (Fsp3) is 0.360. The molecule has 3 saturated heterocycles. The molecule has 116 heavy (non-hydrogen) atoms. The van der Waals surface area contributed by atoms with Crippen LogP contribution in [0.15, 0.2) is 234 Å². The quantitative estimate of drug-likeness (QED) is 0.0351. The minimum atomic E-state index is -1.11. The number of nitrogens with zero attached hydrogens (tertiary/aromatic N) is 14. The number of aliphatic hydroxyl groups is 3. The molecule has 0 bridgehead atoms. The number of para-hydroxylation sites is 3. The number of rotatable bonds is 22. The number of aliphatic carboxylic acids is 1. The summed E-state index contributed by atoms with van der Waals surface area (Å²) in [4.78, 5) is 105. The number of aromatic nitrogens is 12. The van der Waals surface area contributed by atoms with Crippen molar-refractivity contribution in [2.24, 2.45) is 29.2 Å². The number of carbonyl (C=O) groups is 4. The van der Waals surface area contributed by atoms with Crippen molar-refractivity contribution < 1.29 is 44.3 Å². The number of ether oxygens (including phenoxy) is 1. The third kappa shape index (κ3) is 21.2. The first-order valence-corrected chi connectivity index (χ1v) is 39.0. The predicted molar refractivity (Wildman–Crippen MR) is 439 cm³/mol. The van der Waals surface area contributed by atoms with Crippen LogP contribution in [0.2, 0.25) is 0 Å². The number of amides is 3. The average Bonchev–Trinajstić information content (AvgIpc) is 1.61. The van der Waals surface area contributed by atoms with E-state index in [1.54, 1.807) is 50.8 Å². The van der Waals surface area contributed by atoms with Crippen LogP contribution in [0.1, 0.15) is 76.0 Å². The fourth-order valence-corrected chi connectivity index (χ4v) is 14.6. The molecule has 30 nitrogen and oxygen atoms in total. The molecule has 3 aliphatic heterocycles. The van der Waals surface area contributed by atoms with E-state index in [0.717, 1.165) is 46.8 Å². The van der Waals surface area contributed by atoms with Gasteiger partial charge in [-0.05, 0) is 145 Å². The van der Waals surface area contributed by atoms with Crippen molar-refractivity contribution in [3.05, 3.63) is 267 Å². The summed E-state index contributed by atoms with van der Waals surface area (Å²) in [5.74, 6) is -2.19.